The van der Waals surface area contributed by atoms with Crippen molar-refractivity contribution < 1.29 is 22.3 Å². The Bertz CT molecular complexity index is 535. The quantitative estimate of drug-likeness (QED) is 0.553. The third-order valence-electron chi connectivity index (χ3n) is 1.83. The van der Waals surface area contributed by atoms with E-state index in [0.717, 1.165) is 13.3 Å². The number of methoxy groups -OCH3 is 1. The molecule has 0 bridgehead atoms. The van der Waals surface area contributed by atoms with Gasteiger partial charge in [0.15, 0.2) is 11.2 Å². The first-order valence-electron chi connectivity index (χ1n) is 3.96. The molecule has 2 heterocycles. The van der Waals surface area contributed by atoms with E-state index < -0.39 is 23.6 Å². The molecule has 0 unspecified atom stereocenters. The summed E-state index contributed by atoms with van der Waals surface area (Å²) in [7, 11) is 0.970. The summed E-state index contributed by atoms with van der Waals surface area (Å²) in [5.41, 5.74) is -1.77. The van der Waals surface area contributed by atoms with Gasteiger partial charge in [0.25, 0.3) is 0 Å². The van der Waals surface area contributed by atoms with E-state index >= 15 is 0 Å². The van der Waals surface area contributed by atoms with Gasteiger partial charge in [0.05, 0.1) is 13.3 Å². The molecule has 0 aliphatic heterocycles. The van der Waals surface area contributed by atoms with E-state index in [2.05, 4.69) is 20.0 Å². The van der Waals surface area contributed by atoms with Crippen LogP contribution in [0, 0.1) is 5.95 Å². The smallest absolute Gasteiger partial charge is 0.426 e. The molecule has 0 aliphatic rings. The molecule has 0 spiro atoms. The number of nitrogens with zero attached hydrogens (tertiary/aromatic N) is 4. The number of hydrogen-bond donors (Lipinski definition) is 0. The van der Waals surface area contributed by atoms with E-state index in [0.29, 0.717) is 4.52 Å². The summed E-state index contributed by atoms with van der Waals surface area (Å²) in [6.07, 6.45) is -3.89. The van der Waals surface area contributed by atoms with Crippen LogP contribution in [0.2, 0.25) is 0 Å². The van der Waals surface area contributed by atoms with Gasteiger partial charge in [-0.1, -0.05) is 5.21 Å². The molecule has 0 atom stereocenters. The van der Waals surface area contributed by atoms with Crippen LogP contribution in [0.15, 0.2) is 6.20 Å². The first-order chi connectivity index (χ1) is 7.45. The van der Waals surface area contributed by atoms with Gasteiger partial charge in [-0.2, -0.15) is 27.1 Å². The summed E-state index contributed by atoms with van der Waals surface area (Å²) < 4.78 is 55.7. The van der Waals surface area contributed by atoms with Gasteiger partial charge in [-0.05, 0) is 0 Å². The molecule has 0 fully saturated rings. The average Bonchev–Trinajstić information content (AvgIpc) is 2.63. The highest BCUT2D eigenvalue weighted by Gasteiger charge is 2.40. The molecule has 2 aromatic rings. The van der Waals surface area contributed by atoms with E-state index in [-0.39, 0.29) is 5.65 Å². The Hall–Kier alpha value is -1.93. The second-order valence-corrected chi connectivity index (χ2v) is 2.79. The molecule has 5 nitrogen and oxygen atoms in total. The second-order valence-electron chi connectivity index (χ2n) is 2.79. The molecule has 2 aromatic heterocycles. The van der Waals surface area contributed by atoms with Crippen LogP contribution in [0.5, 0.6) is 5.88 Å². The fourth-order valence-corrected chi connectivity index (χ4v) is 1.19. The van der Waals surface area contributed by atoms with Crippen molar-refractivity contribution in [2.24, 2.45) is 0 Å². The summed E-state index contributed by atoms with van der Waals surface area (Å²) in [6.45, 7) is 0. The van der Waals surface area contributed by atoms with Crippen LogP contribution in [0.1, 0.15) is 5.56 Å². The number of aromatic nitrogens is 4. The Labute approximate surface area is 85.7 Å². The highest BCUT2D eigenvalue weighted by Crippen LogP contribution is 2.36. The van der Waals surface area contributed by atoms with Gasteiger partial charge in [0.1, 0.15) is 0 Å². The van der Waals surface area contributed by atoms with Crippen LogP contribution in [0.25, 0.3) is 5.65 Å². The maximum absolute atomic E-state index is 13.5. The molecule has 0 amide bonds. The third-order valence-corrected chi connectivity index (χ3v) is 1.83. The van der Waals surface area contributed by atoms with E-state index in [1.165, 1.54) is 0 Å². The zero-order valence-electron chi connectivity index (χ0n) is 7.79. The lowest BCUT2D eigenvalue weighted by Crippen LogP contribution is -2.15. The Kier molecular flexibility index (Phi) is 2.17. The summed E-state index contributed by atoms with van der Waals surface area (Å²) >= 11 is 0. The summed E-state index contributed by atoms with van der Waals surface area (Å²) in [4.78, 5) is 3.44. The van der Waals surface area contributed by atoms with Crippen LogP contribution in [0.4, 0.5) is 17.6 Å². The predicted molar refractivity (Wildman–Crippen MR) is 42.3 cm³/mol. The van der Waals surface area contributed by atoms with Crippen LogP contribution < -0.4 is 4.74 Å². The zero-order chi connectivity index (χ0) is 11.9. The van der Waals surface area contributed by atoms with Crippen LogP contribution in [0.3, 0.4) is 0 Å². The van der Waals surface area contributed by atoms with Gasteiger partial charge in [-0.3, -0.25) is 0 Å². The van der Waals surface area contributed by atoms with Gasteiger partial charge in [0.2, 0.25) is 11.8 Å². The van der Waals surface area contributed by atoms with E-state index in [1.807, 2.05) is 0 Å². The second kappa shape index (κ2) is 3.29. The molecule has 0 radical (unpaired) electrons. The Morgan fingerprint density at radius 2 is 2.06 bits per heavy atom. The van der Waals surface area contributed by atoms with Crippen molar-refractivity contribution in [2.75, 3.05) is 7.11 Å². The molecule has 9 heteroatoms. The fourth-order valence-electron chi connectivity index (χ4n) is 1.19. The van der Waals surface area contributed by atoms with E-state index in [1.54, 1.807) is 0 Å². The summed E-state index contributed by atoms with van der Waals surface area (Å²) in [5, 5.41) is 6.39. The van der Waals surface area contributed by atoms with Gasteiger partial charge < -0.3 is 4.74 Å². The maximum Gasteiger partial charge on any atom is 0.426 e. The molecule has 0 saturated heterocycles. The first-order valence-corrected chi connectivity index (χ1v) is 3.96. The highest BCUT2D eigenvalue weighted by atomic mass is 19.4. The molecule has 0 N–H and O–H groups in total. The molecule has 16 heavy (non-hydrogen) atoms. The SMILES string of the molecule is COc1nc2cnnn2c(F)c1C(F)(F)F. The van der Waals surface area contributed by atoms with Crippen molar-refractivity contribution >= 4 is 5.65 Å². The van der Waals surface area contributed by atoms with Crippen molar-refractivity contribution in [2.45, 2.75) is 6.18 Å². The Morgan fingerprint density at radius 3 is 2.62 bits per heavy atom. The largest absolute Gasteiger partial charge is 0.480 e. The van der Waals surface area contributed by atoms with E-state index in [4.69, 9.17) is 0 Å². The molecule has 86 valence electrons. The van der Waals surface area contributed by atoms with Crippen molar-refractivity contribution in [3.8, 4) is 5.88 Å². The van der Waals surface area contributed by atoms with E-state index in [9.17, 15) is 17.6 Å². The minimum atomic E-state index is -4.91. The molecule has 2 rings (SSSR count). The number of alkyl halides is 3. The monoisotopic (exact) mass is 236 g/mol. The Balaban J connectivity index is 2.83. The van der Waals surface area contributed by atoms with Crippen LogP contribution >= 0.6 is 0 Å². The minimum Gasteiger partial charge on any atom is -0.480 e. The van der Waals surface area contributed by atoms with Gasteiger partial charge in [-0.15, -0.1) is 5.10 Å². The standard InChI is InChI=1S/C7H4F4N4O/c1-16-6-4(7(9,10)11)5(8)15-3(13-6)2-12-14-15/h2H,1H3. The lowest BCUT2D eigenvalue weighted by molar-refractivity contribution is -0.142. The Morgan fingerprint density at radius 1 is 1.38 bits per heavy atom. The maximum atomic E-state index is 13.5. The van der Waals surface area contributed by atoms with Gasteiger partial charge >= 0.3 is 6.18 Å². The predicted octanol–water partition coefficient (Wildman–Crippen LogP) is 1.29. The summed E-state index contributed by atoms with van der Waals surface area (Å²) in [6, 6.07) is 0. The molecule has 0 aliphatic carbocycles. The van der Waals surface area contributed by atoms with Crippen molar-refractivity contribution in [3.63, 3.8) is 0 Å². The van der Waals surface area contributed by atoms with Crippen molar-refractivity contribution in [3.05, 3.63) is 17.7 Å². The molecular weight excluding hydrogens is 232 g/mol. The molecule has 0 aromatic carbocycles. The van der Waals surface area contributed by atoms with Crippen LogP contribution in [-0.2, 0) is 6.18 Å². The lowest BCUT2D eigenvalue weighted by Gasteiger charge is -2.11. The number of rotatable bonds is 1. The third kappa shape index (κ3) is 1.44. The summed E-state index contributed by atoms with van der Waals surface area (Å²) in [5.74, 6) is -2.45. The zero-order valence-corrected chi connectivity index (χ0v) is 7.79. The first kappa shape index (κ1) is 10.6. The molecular formula is C7H4F4N4O. The van der Waals surface area contributed by atoms with Crippen LogP contribution in [-0.4, -0.2) is 26.9 Å². The van der Waals surface area contributed by atoms with Gasteiger partial charge in [0, 0.05) is 0 Å². The lowest BCUT2D eigenvalue weighted by atomic mass is 10.3. The van der Waals surface area contributed by atoms with Crippen molar-refractivity contribution in [1.82, 2.24) is 19.8 Å². The molecule has 0 saturated carbocycles. The number of hydrogen-bond acceptors (Lipinski definition) is 4. The number of fused-ring (bicyclic) bond motifs is 1. The minimum absolute atomic E-state index is 0.164. The average molecular weight is 236 g/mol. The fraction of sp³-hybridized carbons (Fsp3) is 0.286. The van der Waals surface area contributed by atoms with Gasteiger partial charge in [-0.25, -0.2) is 0 Å². The topological polar surface area (TPSA) is 52.3 Å². The number of ether oxygens (including phenoxy) is 1. The van der Waals surface area contributed by atoms with Crippen molar-refractivity contribution in [1.29, 1.82) is 0 Å². The normalized spacial score (nSPS) is 12.1. The number of halogens is 4. The highest BCUT2D eigenvalue weighted by molar-refractivity contribution is 5.41.